The van der Waals surface area contributed by atoms with Gasteiger partial charge in [-0.25, -0.2) is 0 Å². The number of hydrogen-bond acceptors (Lipinski definition) is 4. The fourth-order valence-electron chi connectivity index (χ4n) is 3.45. The Labute approximate surface area is 156 Å². The van der Waals surface area contributed by atoms with E-state index in [9.17, 15) is 15.0 Å². The second-order valence-corrected chi connectivity index (χ2v) is 7.12. The topological polar surface area (TPSA) is 70.4 Å². The Morgan fingerprint density at radius 1 is 1.28 bits per heavy atom. The maximum Gasteiger partial charge on any atom is 0.140 e. The molecule has 4 nitrogen and oxygen atoms in total. The summed E-state index contributed by atoms with van der Waals surface area (Å²) in [5.74, 6) is -0.160. The van der Waals surface area contributed by atoms with Crippen LogP contribution in [0.1, 0.15) is 53.7 Å². The molecule has 132 valence electrons. The van der Waals surface area contributed by atoms with Crippen LogP contribution in [0.5, 0.6) is 0 Å². The summed E-state index contributed by atoms with van der Waals surface area (Å²) < 4.78 is 0. The number of rotatable bonds is 5. The highest BCUT2D eigenvalue weighted by Crippen LogP contribution is 2.37. The Morgan fingerprint density at radius 2 is 2.08 bits per heavy atom. The molecule has 2 aromatic rings. The van der Waals surface area contributed by atoms with Crippen LogP contribution in [0.25, 0.3) is 0 Å². The van der Waals surface area contributed by atoms with Gasteiger partial charge >= 0.3 is 0 Å². The molecule has 0 bridgehead atoms. The number of fused-ring (bicyclic) bond motifs is 1. The molecule has 2 unspecified atom stereocenters. The maximum absolute atomic E-state index is 12.8. The average Bonchev–Trinajstić information content (AvgIpc) is 2.60. The molecule has 1 aromatic carbocycles. The Kier molecular flexibility index (Phi) is 5.74. The van der Waals surface area contributed by atoms with Crippen molar-refractivity contribution in [2.75, 3.05) is 0 Å². The summed E-state index contributed by atoms with van der Waals surface area (Å²) in [5.41, 5.74) is 2.82. The molecular weight excluding hydrogens is 361 g/mol. The first-order valence-electron chi connectivity index (χ1n) is 8.24. The van der Waals surface area contributed by atoms with Crippen LogP contribution < -0.4 is 0 Å². The Bertz CT molecular complexity index is 794. The summed E-state index contributed by atoms with van der Waals surface area (Å²) in [7, 11) is 0. The molecule has 1 heterocycles. The molecule has 0 saturated heterocycles. The van der Waals surface area contributed by atoms with Gasteiger partial charge in [-0.15, -0.1) is 0 Å². The second kappa shape index (κ2) is 7.83. The minimum Gasteiger partial charge on any atom is -0.392 e. The molecule has 6 heteroatoms. The molecule has 0 saturated carbocycles. The summed E-state index contributed by atoms with van der Waals surface area (Å²) in [6.07, 6.45) is 2.93. The molecule has 0 spiro atoms. The molecule has 1 aliphatic carbocycles. The Morgan fingerprint density at radius 3 is 2.84 bits per heavy atom. The van der Waals surface area contributed by atoms with E-state index in [1.165, 1.54) is 0 Å². The predicted molar refractivity (Wildman–Crippen MR) is 96.9 cm³/mol. The van der Waals surface area contributed by atoms with Gasteiger partial charge in [0.1, 0.15) is 5.78 Å². The number of halogens is 2. The normalized spacial score (nSPS) is 19.5. The third kappa shape index (κ3) is 3.87. The van der Waals surface area contributed by atoms with Crippen molar-refractivity contribution in [3.05, 3.63) is 62.9 Å². The molecule has 0 amide bonds. The highest BCUT2D eigenvalue weighted by atomic mass is 35.5. The monoisotopic (exact) mass is 379 g/mol. The van der Waals surface area contributed by atoms with Crippen LogP contribution in [0.2, 0.25) is 10.0 Å². The molecule has 3 rings (SSSR count). The molecular formula is C19H19Cl2NO3. The first kappa shape index (κ1) is 18.3. The zero-order valence-corrected chi connectivity index (χ0v) is 15.1. The van der Waals surface area contributed by atoms with Crippen LogP contribution in [-0.2, 0) is 17.8 Å². The van der Waals surface area contributed by atoms with Gasteiger partial charge in [0.15, 0.2) is 0 Å². The lowest BCUT2D eigenvalue weighted by molar-refractivity contribution is -0.121. The molecule has 2 atom stereocenters. The van der Waals surface area contributed by atoms with Gasteiger partial charge in [-0.1, -0.05) is 29.3 Å². The van der Waals surface area contributed by atoms with E-state index < -0.39 is 6.10 Å². The van der Waals surface area contributed by atoms with Gasteiger partial charge in [-0.2, -0.15) is 0 Å². The summed E-state index contributed by atoms with van der Waals surface area (Å²) in [5, 5.41) is 20.5. The quantitative estimate of drug-likeness (QED) is 0.823. The molecule has 1 aliphatic rings. The number of Topliss-reactive ketones (excluding diaryl/α,β-unsaturated/α-hetero) is 1. The standard InChI is InChI=1S/C19H19Cl2NO3/c20-12-8-11(10-23)13(16(21)9-12)3-5-17(24)14-4-6-18(25)19-15(14)2-1-7-22-19/h1-2,7-9,14,18,23,25H,3-6,10H2. The zero-order valence-electron chi connectivity index (χ0n) is 13.6. The van der Waals surface area contributed by atoms with E-state index in [1.54, 1.807) is 24.4 Å². The smallest absolute Gasteiger partial charge is 0.140 e. The van der Waals surface area contributed by atoms with E-state index in [-0.39, 0.29) is 18.3 Å². The molecule has 2 N–H and O–H groups in total. The van der Waals surface area contributed by atoms with Crippen LogP contribution >= 0.6 is 23.2 Å². The average molecular weight is 380 g/mol. The summed E-state index contributed by atoms with van der Waals surface area (Å²) in [4.78, 5) is 17.0. The van der Waals surface area contributed by atoms with Crippen molar-refractivity contribution >= 4 is 29.0 Å². The van der Waals surface area contributed by atoms with E-state index in [2.05, 4.69) is 4.98 Å². The van der Waals surface area contributed by atoms with Crippen LogP contribution in [0.4, 0.5) is 0 Å². The van der Waals surface area contributed by atoms with Crippen molar-refractivity contribution in [2.24, 2.45) is 0 Å². The molecule has 0 fully saturated rings. The predicted octanol–water partition coefficient (Wildman–Crippen LogP) is 3.99. The van der Waals surface area contributed by atoms with Gasteiger partial charge in [-0.05, 0) is 54.2 Å². The fraction of sp³-hybridized carbons (Fsp3) is 0.368. The minimum atomic E-state index is -0.605. The summed E-state index contributed by atoms with van der Waals surface area (Å²) in [6, 6.07) is 6.94. The number of pyridine rings is 1. The molecule has 25 heavy (non-hydrogen) atoms. The first-order valence-corrected chi connectivity index (χ1v) is 9.00. The van der Waals surface area contributed by atoms with Crippen molar-refractivity contribution < 1.29 is 15.0 Å². The van der Waals surface area contributed by atoms with Crippen molar-refractivity contribution in [2.45, 2.75) is 44.3 Å². The highest BCUT2D eigenvalue weighted by molar-refractivity contribution is 6.35. The second-order valence-electron chi connectivity index (χ2n) is 6.27. The zero-order chi connectivity index (χ0) is 18.0. The van der Waals surface area contributed by atoms with Gasteiger partial charge in [0.05, 0.1) is 18.4 Å². The van der Waals surface area contributed by atoms with E-state index >= 15 is 0 Å². The van der Waals surface area contributed by atoms with Crippen molar-refractivity contribution in [1.82, 2.24) is 4.98 Å². The number of benzene rings is 1. The van der Waals surface area contributed by atoms with Gasteiger partial charge in [0.2, 0.25) is 0 Å². The van der Waals surface area contributed by atoms with E-state index in [0.717, 1.165) is 11.1 Å². The van der Waals surface area contributed by atoms with Crippen LogP contribution in [0.15, 0.2) is 30.5 Å². The Hall–Kier alpha value is -1.46. The number of ketones is 1. The van der Waals surface area contributed by atoms with E-state index in [0.29, 0.717) is 47.0 Å². The van der Waals surface area contributed by atoms with Crippen LogP contribution in [0.3, 0.4) is 0 Å². The lowest BCUT2D eigenvalue weighted by atomic mass is 9.80. The SMILES string of the molecule is O=C(CCc1c(Cl)cc(Cl)cc1CO)C1CCC(O)c2ncccc21. The van der Waals surface area contributed by atoms with Crippen LogP contribution in [0, 0.1) is 0 Å². The third-order valence-corrected chi connectivity index (χ3v) is 5.28. The number of carbonyl (C=O) groups excluding carboxylic acids is 1. The number of carbonyl (C=O) groups is 1. The van der Waals surface area contributed by atoms with Gasteiger partial charge in [-0.3, -0.25) is 9.78 Å². The number of aliphatic hydroxyl groups is 2. The van der Waals surface area contributed by atoms with Gasteiger partial charge in [0.25, 0.3) is 0 Å². The van der Waals surface area contributed by atoms with Gasteiger partial charge < -0.3 is 10.2 Å². The summed E-state index contributed by atoms with van der Waals surface area (Å²) >= 11 is 12.2. The maximum atomic E-state index is 12.8. The third-order valence-electron chi connectivity index (χ3n) is 4.72. The van der Waals surface area contributed by atoms with E-state index in [4.69, 9.17) is 23.2 Å². The Balaban J connectivity index is 1.77. The number of nitrogens with zero attached hydrogens (tertiary/aromatic N) is 1. The molecule has 1 aromatic heterocycles. The van der Waals surface area contributed by atoms with Crippen LogP contribution in [-0.4, -0.2) is 21.0 Å². The fourth-order valence-corrected chi connectivity index (χ4v) is 4.08. The van der Waals surface area contributed by atoms with Gasteiger partial charge in [0, 0.05) is 28.6 Å². The molecule has 0 aliphatic heterocycles. The first-order chi connectivity index (χ1) is 12.0. The van der Waals surface area contributed by atoms with Crippen molar-refractivity contribution in [3.63, 3.8) is 0 Å². The highest BCUT2D eigenvalue weighted by Gasteiger charge is 2.31. The lowest BCUT2D eigenvalue weighted by Crippen LogP contribution is -2.22. The minimum absolute atomic E-state index is 0.0936. The lowest BCUT2D eigenvalue weighted by Gasteiger charge is -2.27. The van der Waals surface area contributed by atoms with E-state index in [1.807, 2.05) is 6.07 Å². The largest absolute Gasteiger partial charge is 0.392 e. The number of aromatic nitrogens is 1. The number of aliphatic hydroxyl groups excluding tert-OH is 2. The molecule has 0 radical (unpaired) electrons. The number of hydrogen-bond donors (Lipinski definition) is 2. The van der Waals surface area contributed by atoms with Crippen molar-refractivity contribution in [3.8, 4) is 0 Å². The van der Waals surface area contributed by atoms with Crippen molar-refractivity contribution in [1.29, 1.82) is 0 Å². The summed E-state index contributed by atoms with van der Waals surface area (Å²) in [6.45, 7) is -0.174.